The van der Waals surface area contributed by atoms with Crippen LogP contribution in [-0.4, -0.2) is 37.1 Å². The van der Waals surface area contributed by atoms with Gasteiger partial charge in [0, 0.05) is 19.1 Å². The van der Waals surface area contributed by atoms with Gasteiger partial charge in [-0.2, -0.15) is 11.8 Å². The summed E-state index contributed by atoms with van der Waals surface area (Å²) in [6.07, 6.45) is 4.92. The molecule has 0 aromatic heterocycles. The molecule has 1 heterocycles. The maximum absolute atomic E-state index is 12.0. The van der Waals surface area contributed by atoms with Crippen LogP contribution in [0.2, 0.25) is 0 Å². The number of hydrogen-bond acceptors (Lipinski definition) is 4. The largest absolute Gasteiger partial charge is 0.373 e. The third kappa shape index (κ3) is 5.00. The average molecular weight is 322 g/mol. The summed E-state index contributed by atoms with van der Waals surface area (Å²) in [5.41, 5.74) is 7.10. The van der Waals surface area contributed by atoms with Gasteiger partial charge in [-0.25, -0.2) is 0 Å². The molecule has 2 unspecified atom stereocenters. The van der Waals surface area contributed by atoms with E-state index in [2.05, 4.69) is 17.4 Å². The van der Waals surface area contributed by atoms with Crippen LogP contribution < -0.4 is 11.1 Å². The van der Waals surface area contributed by atoms with Gasteiger partial charge in [-0.05, 0) is 36.8 Å². The molecule has 5 heteroatoms. The fourth-order valence-electron chi connectivity index (χ4n) is 2.80. The lowest BCUT2D eigenvalue weighted by Gasteiger charge is -2.32. The van der Waals surface area contributed by atoms with Crippen LogP contribution >= 0.6 is 11.8 Å². The molecule has 0 saturated carbocycles. The number of amides is 1. The van der Waals surface area contributed by atoms with E-state index in [4.69, 9.17) is 10.5 Å². The Kier molecular flexibility index (Phi) is 7.22. The molecular formula is C17H26N2O2S. The summed E-state index contributed by atoms with van der Waals surface area (Å²) < 4.78 is 5.95. The second kappa shape index (κ2) is 9.18. The fourth-order valence-corrected chi connectivity index (χ4v) is 3.29. The Morgan fingerprint density at radius 1 is 1.45 bits per heavy atom. The molecule has 1 aliphatic heterocycles. The summed E-state index contributed by atoms with van der Waals surface area (Å²) in [5, 5.41) is 3.01. The molecule has 0 aliphatic carbocycles. The monoisotopic (exact) mass is 322 g/mol. The molecule has 122 valence electrons. The molecule has 3 N–H and O–H groups in total. The Hall–Kier alpha value is -1.04. The van der Waals surface area contributed by atoms with Gasteiger partial charge in [0.05, 0.1) is 12.1 Å². The Labute approximate surface area is 137 Å². The highest BCUT2D eigenvalue weighted by Gasteiger charge is 2.28. The minimum absolute atomic E-state index is 0.0496. The molecule has 1 fully saturated rings. The van der Waals surface area contributed by atoms with Crippen LogP contribution in [0.25, 0.3) is 0 Å². The summed E-state index contributed by atoms with van der Waals surface area (Å²) in [6, 6.07) is 9.84. The zero-order chi connectivity index (χ0) is 15.8. The maximum atomic E-state index is 12.0. The number of nitrogens with two attached hydrogens (primary N) is 1. The normalized spacial score (nSPS) is 23.0. The molecule has 1 saturated heterocycles. The van der Waals surface area contributed by atoms with Crippen molar-refractivity contribution in [3.8, 4) is 0 Å². The zero-order valence-electron chi connectivity index (χ0n) is 13.2. The highest BCUT2D eigenvalue weighted by atomic mass is 32.2. The Morgan fingerprint density at radius 2 is 2.23 bits per heavy atom. The standard InChI is InChI=1S/C17H26N2O2S/c1-22-11-9-15(18)17(20)19-12-14-8-5-10-21-16(14)13-6-3-2-4-7-13/h2-4,6-7,14-16H,5,8-12,18H2,1H3,(H,19,20)/t14?,15-,16?/m0/s1. The first-order valence-corrected chi connectivity index (χ1v) is 9.30. The highest BCUT2D eigenvalue weighted by Crippen LogP contribution is 2.33. The first-order chi connectivity index (χ1) is 10.7. The topological polar surface area (TPSA) is 64.4 Å². The van der Waals surface area contributed by atoms with E-state index in [0.29, 0.717) is 12.5 Å². The quantitative estimate of drug-likeness (QED) is 0.809. The van der Waals surface area contributed by atoms with Crippen molar-refractivity contribution < 1.29 is 9.53 Å². The second-order valence-electron chi connectivity index (χ2n) is 5.74. The maximum Gasteiger partial charge on any atom is 0.236 e. The highest BCUT2D eigenvalue weighted by molar-refractivity contribution is 7.98. The van der Waals surface area contributed by atoms with Crippen molar-refractivity contribution in [3.63, 3.8) is 0 Å². The number of carbonyl (C=O) groups excluding carboxylic acids is 1. The molecule has 0 bridgehead atoms. The van der Waals surface area contributed by atoms with Gasteiger partial charge in [0.15, 0.2) is 0 Å². The summed E-state index contributed by atoms with van der Waals surface area (Å²) in [4.78, 5) is 12.0. The van der Waals surface area contributed by atoms with Gasteiger partial charge in [0.2, 0.25) is 5.91 Å². The number of rotatable bonds is 7. The van der Waals surface area contributed by atoms with E-state index >= 15 is 0 Å². The van der Waals surface area contributed by atoms with Gasteiger partial charge in [0.1, 0.15) is 0 Å². The molecule has 4 nitrogen and oxygen atoms in total. The van der Waals surface area contributed by atoms with Gasteiger partial charge in [-0.15, -0.1) is 0 Å². The molecular weight excluding hydrogens is 296 g/mol. The van der Waals surface area contributed by atoms with Crippen molar-refractivity contribution in [1.82, 2.24) is 5.32 Å². The molecule has 0 spiro atoms. The van der Waals surface area contributed by atoms with Crippen LogP contribution in [-0.2, 0) is 9.53 Å². The minimum Gasteiger partial charge on any atom is -0.373 e. The van der Waals surface area contributed by atoms with Crippen LogP contribution in [0.15, 0.2) is 30.3 Å². The van der Waals surface area contributed by atoms with E-state index in [1.54, 1.807) is 11.8 Å². The van der Waals surface area contributed by atoms with Crippen molar-refractivity contribution in [3.05, 3.63) is 35.9 Å². The van der Waals surface area contributed by atoms with Crippen molar-refractivity contribution in [1.29, 1.82) is 0 Å². The summed E-state index contributed by atoms with van der Waals surface area (Å²) in [7, 11) is 0. The minimum atomic E-state index is -0.410. The summed E-state index contributed by atoms with van der Waals surface area (Å²) in [6.45, 7) is 1.42. The van der Waals surface area contributed by atoms with Crippen LogP contribution in [0.1, 0.15) is 30.9 Å². The van der Waals surface area contributed by atoms with E-state index in [-0.39, 0.29) is 12.0 Å². The summed E-state index contributed by atoms with van der Waals surface area (Å²) >= 11 is 1.71. The Balaban J connectivity index is 1.88. The lowest BCUT2D eigenvalue weighted by Crippen LogP contribution is -2.44. The smallest absolute Gasteiger partial charge is 0.236 e. The van der Waals surface area contributed by atoms with Crippen LogP contribution in [0.4, 0.5) is 0 Å². The van der Waals surface area contributed by atoms with Crippen molar-refractivity contribution >= 4 is 17.7 Å². The molecule has 2 rings (SSSR count). The number of carbonyl (C=O) groups is 1. The molecule has 22 heavy (non-hydrogen) atoms. The Bertz CT molecular complexity index is 455. The van der Waals surface area contributed by atoms with Crippen LogP contribution in [0.5, 0.6) is 0 Å². The lowest BCUT2D eigenvalue weighted by molar-refractivity contribution is -0.123. The van der Waals surface area contributed by atoms with Gasteiger partial charge < -0.3 is 15.8 Å². The van der Waals surface area contributed by atoms with Gasteiger partial charge in [0.25, 0.3) is 0 Å². The van der Waals surface area contributed by atoms with E-state index in [0.717, 1.165) is 31.6 Å². The molecule has 1 aromatic rings. The molecule has 1 aliphatic rings. The first-order valence-electron chi connectivity index (χ1n) is 7.91. The van der Waals surface area contributed by atoms with E-state index in [1.807, 2.05) is 24.5 Å². The number of hydrogen-bond donors (Lipinski definition) is 2. The van der Waals surface area contributed by atoms with E-state index in [9.17, 15) is 4.79 Å². The summed E-state index contributed by atoms with van der Waals surface area (Å²) in [5.74, 6) is 1.17. The zero-order valence-corrected chi connectivity index (χ0v) is 14.0. The van der Waals surface area contributed by atoms with Gasteiger partial charge in [-0.3, -0.25) is 4.79 Å². The predicted molar refractivity (Wildman–Crippen MR) is 91.8 cm³/mol. The molecule has 0 radical (unpaired) electrons. The number of nitrogens with one attached hydrogen (secondary N) is 1. The third-order valence-corrected chi connectivity index (χ3v) is 4.73. The second-order valence-corrected chi connectivity index (χ2v) is 6.72. The molecule has 1 aromatic carbocycles. The van der Waals surface area contributed by atoms with Crippen LogP contribution in [0.3, 0.4) is 0 Å². The van der Waals surface area contributed by atoms with Gasteiger partial charge in [-0.1, -0.05) is 30.3 Å². The van der Waals surface area contributed by atoms with Gasteiger partial charge >= 0.3 is 0 Å². The SMILES string of the molecule is CSCC[C@H](N)C(=O)NCC1CCCOC1c1ccccc1. The number of benzene rings is 1. The Morgan fingerprint density at radius 3 is 2.95 bits per heavy atom. The van der Waals surface area contributed by atoms with Crippen molar-refractivity contribution in [2.75, 3.05) is 25.2 Å². The van der Waals surface area contributed by atoms with E-state index < -0.39 is 6.04 Å². The number of thioether (sulfide) groups is 1. The number of ether oxygens (including phenoxy) is 1. The molecule has 1 amide bonds. The average Bonchev–Trinajstić information content (AvgIpc) is 2.58. The molecule has 3 atom stereocenters. The van der Waals surface area contributed by atoms with Crippen molar-refractivity contribution in [2.24, 2.45) is 11.7 Å². The third-order valence-electron chi connectivity index (χ3n) is 4.08. The van der Waals surface area contributed by atoms with E-state index in [1.165, 1.54) is 5.56 Å². The predicted octanol–water partition coefficient (Wildman–Crippen LogP) is 2.35. The van der Waals surface area contributed by atoms with Crippen molar-refractivity contribution in [2.45, 2.75) is 31.4 Å². The van der Waals surface area contributed by atoms with Crippen LogP contribution in [0, 0.1) is 5.92 Å². The fraction of sp³-hybridized carbons (Fsp3) is 0.588. The lowest BCUT2D eigenvalue weighted by atomic mass is 9.89. The first kappa shape index (κ1) is 17.3.